The summed E-state index contributed by atoms with van der Waals surface area (Å²) in [4.78, 5) is 1.65. The van der Waals surface area contributed by atoms with Gasteiger partial charge < -0.3 is 0 Å². The van der Waals surface area contributed by atoms with Gasteiger partial charge in [0.25, 0.3) is 5.95 Å². The van der Waals surface area contributed by atoms with Gasteiger partial charge in [0, 0.05) is 0 Å². The minimum atomic E-state index is -0.428. The van der Waals surface area contributed by atoms with Crippen molar-refractivity contribution < 1.29 is 4.39 Å². The number of unbranched alkanes of at least 4 members (excludes halogenated alkanes) is 6. The van der Waals surface area contributed by atoms with Crippen LogP contribution in [0.5, 0.6) is 0 Å². The first-order valence-electron chi connectivity index (χ1n) is 8.63. The minimum absolute atomic E-state index is 0.142. The molecule has 0 fully saturated rings. The van der Waals surface area contributed by atoms with Crippen LogP contribution in [0.1, 0.15) is 90.7 Å². The van der Waals surface area contributed by atoms with Crippen LogP contribution in [-0.4, -0.2) is 15.0 Å². The molecule has 0 aliphatic rings. The molecule has 0 saturated carbocycles. The first kappa shape index (κ1) is 18.1. The van der Waals surface area contributed by atoms with E-state index in [0.717, 1.165) is 19.3 Å². The summed E-state index contributed by atoms with van der Waals surface area (Å²) in [5, 5.41) is 8.32. The van der Waals surface area contributed by atoms with Crippen LogP contribution in [0.15, 0.2) is 0 Å². The summed E-state index contributed by atoms with van der Waals surface area (Å²) in [5.74, 6) is -0.428. The van der Waals surface area contributed by atoms with Gasteiger partial charge in [-0.3, -0.25) is 0 Å². The first-order valence-corrected chi connectivity index (χ1v) is 8.63. The van der Waals surface area contributed by atoms with E-state index in [-0.39, 0.29) is 5.54 Å². The fourth-order valence-electron chi connectivity index (χ4n) is 2.79. The fraction of sp³-hybridized carbons (Fsp3) is 0.882. The summed E-state index contributed by atoms with van der Waals surface area (Å²) in [6.45, 7) is 8.31. The van der Waals surface area contributed by atoms with Gasteiger partial charge in [-0.05, 0) is 26.7 Å². The zero-order chi connectivity index (χ0) is 15.7. The van der Waals surface area contributed by atoms with Crippen LogP contribution in [0.4, 0.5) is 4.39 Å². The van der Waals surface area contributed by atoms with Crippen LogP contribution >= 0.6 is 0 Å². The summed E-state index contributed by atoms with van der Waals surface area (Å²) < 4.78 is 13.6. The Morgan fingerprint density at radius 2 is 1.43 bits per heavy atom. The van der Waals surface area contributed by atoms with Crippen molar-refractivity contribution in [3.8, 4) is 0 Å². The first-order chi connectivity index (χ1) is 10.0. The van der Waals surface area contributed by atoms with Gasteiger partial charge in [-0.2, -0.15) is 14.3 Å². The highest BCUT2D eigenvalue weighted by atomic mass is 19.1. The number of aryl methyl sites for hydroxylation is 1. The monoisotopic (exact) mass is 297 g/mol. The fourth-order valence-corrected chi connectivity index (χ4v) is 2.79. The normalized spacial score (nSPS) is 14.3. The summed E-state index contributed by atoms with van der Waals surface area (Å²) in [6, 6.07) is 0. The Kier molecular flexibility index (Phi) is 7.91. The lowest BCUT2D eigenvalue weighted by Crippen LogP contribution is -2.32. The van der Waals surface area contributed by atoms with Gasteiger partial charge >= 0.3 is 0 Å². The third-order valence-corrected chi connectivity index (χ3v) is 4.35. The number of hydrogen-bond donors (Lipinski definition) is 0. The van der Waals surface area contributed by atoms with Crippen LogP contribution in [0, 0.1) is 12.9 Å². The molecule has 1 rings (SSSR count). The largest absolute Gasteiger partial charge is 0.255 e. The van der Waals surface area contributed by atoms with Crippen molar-refractivity contribution in [2.75, 3.05) is 0 Å². The third kappa shape index (κ3) is 5.76. The van der Waals surface area contributed by atoms with E-state index >= 15 is 0 Å². The maximum absolute atomic E-state index is 13.6. The SMILES string of the molecule is CCCCCCCC(C)(CCCCC)n1nc(C)c(F)n1. The van der Waals surface area contributed by atoms with E-state index < -0.39 is 5.95 Å². The molecule has 0 amide bonds. The molecule has 0 aliphatic carbocycles. The van der Waals surface area contributed by atoms with E-state index in [1.54, 1.807) is 11.7 Å². The van der Waals surface area contributed by atoms with Gasteiger partial charge in [-0.1, -0.05) is 65.2 Å². The van der Waals surface area contributed by atoms with E-state index in [1.165, 1.54) is 44.9 Å². The third-order valence-electron chi connectivity index (χ3n) is 4.35. The highest BCUT2D eigenvalue weighted by Gasteiger charge is 2.29. The average molecular weight is 297 g/mol. The van der Waals surface area contributed by atoms with Crippen molar-refractivity contribution in [2.24, 2.45) is 0 Å². The molecule has 1 aromatic rings. The number of nitrogens with zero attached hydrogens (tertiary/aromatic N) is 3. The Hall–Kier alpha value is -0.930. The maximum atomic E-state index is 13.6. The molecule has 0 spiro atoms. The van der Waals surface area contributed by atoms with Gasteiger partial charge in [0.05, 0.1) is 5.54 Å². The maximum Gasteiger partial charge on any atom is 0.255 e. The molecule has 122 valence electrons. The molecule has 1 atom stereocenters. The van der Waals surface area contributed by atoms with Crippen LogP contribution in [0.2, 0.25) is 0 Å². The zero-order valence-corrected chi connectivity index (χ0v) is 14.3. The van der Waals surface area contributed by atoms with E-state index in [9.17, 15) is 4.39 Å². The molecule has 0 N–H and O–H groups in total. The molecule has 1 unspecified atom stereocenters. The summed E-state index contributed by atoms with van der Waals surface area (Å²) in [5.41, 5.74) is 0.263. The molecule has 0 radical (unpaired) electrons. The average Bonchev–Trinajstić information content (AvgIpc) is 2.79. The van der Waals surface area contributed by atoms with Gasteiger partial charge in [0.1, 0.15) is 5.69 Å². The highest BCUT2D eigenvalue weighted by Crippen LogP contribution is 2.29. The Bertz CT molecular complexity index is 383. The van der Waals surface area contributed by atoms with Crippen LogP contribution < -0.4 is 0 Å². The van der Waals surface area contributed by atoms with Crippen molar-refractivity contribution >= 4 is 0 Å². The summed E-state index contributed by atoms with van der Waals surface area (Å²) in [6.07, 6.45) is 11.9. The van der Waals surface area contributed by atoms with Gasteiger partial charge in [-0.15, -0.1) is 5.10 Å². The number of aromatic nitrogens is 3. The Balaban J connectivity index is 2.65. The molecule has 1 heterocycles. The molecular formula is C17H32FN3. The highest BCUT2D eigenvalue weighted by molar-refractivity contribution is 4.92. The topological polar surface area (TPSA) is 30.7 Å². The van der Waals surface area contributed by atoms with Crippen molar-refractivity contribution in [3.63, 3.8) is 0 Å². The van der Waals surface area contributed by atoms with E-state index in [1.807, 2.05) is 0 Å². The second-order valence-corrected chi connectivity index (χ2v) is 6.48. The molecule has 21 heavy (non-hydrogen) atoms. The minimum Gasteiger partial charge on any atom is -0.181 e. The predicted octanol–water partition coefficient (Wildman–Crippen LogP) is 5.38. The smallest absolute Gasteiger partial charge is 0.181 e. The van der Waals surface area contributed by atoms with Crippen molar-refractivity contribution in [3.05, 3.63) is 11.6 Å². The van der Waals surface area contributed by atoms with E-state index in [4.69, 9.17) is 0 Å². The quantitative estimate of drug-likeness (QED) is 0.513. The van der Waals surface area contributed by atoms with Gasteiger partial charge in [0.15, 0.2) is 0 Å². The number of rotatable bonds is 11. The molecule has 0 aromatic carbocycles. The van der Waals surface area contributed by atoms with E-state index in [0.29, 0.717) is 5.69 Å². The van der Waals surface area contributed by atoms with Crippen LogP contribution in [0.3, 0.4) is 0 Å². The van der Waals surface area contributed by atoms with Crippen LogP contribution in [-0.2, 0) is 5.54 Å². The van der Waals surface area contributed by atoms with E-state index in [2.05, 4.69) is 31.0 Å². The Morgan fingerprint density at radius 1 is 0.905 bits per heavy atom. The second-order valence-electron chi connectivity index (χ2n) is 6.48. The Morgan fingerprint density at radius 3 is 1.95 bits per heavy atom. The van der Waals surface area contributed by atoms with Crippen molar-refractivity contribution in [1.82, 2.24) is 15.0 Å². The van der Waals surface area contributed by atoms with Crippen molar-refractivity contribution in [1.29, 1.82) is 0 Å². The zero-order valence-electron chi connectivity index (χ0n) is 14.3. The molecule has 0 aliphatic heterocycles. The molecule has 4 heteroatoms. The molecule has 0 saturated heterocycles. The molecule has 3 nitrogen and oxygen atoms in total. The lowest BCUT2D eigenvalue weighted by Gasteiger charge is -2.29. The van der Waals surface area contributed by atoms with Crippen LogP contribution in [0.25, 0.3) is 0 Å². The molecule has 0 bridgehead atoms. The second kappa shape index (κ2) is 9.16. The lowest BCUT2D eigenvalue weighted by molar-refractivity contribution is 0.197. The molecular weight excluding hydrogens is 265 g/mol. The summed E-state index contributed by atoms with van der Waals surface area (Å²) >= 11 is 0. The van der Waals surface area contributed by atoms with Gasteiger partial charge in [0.2, 0.25) is 0 Å². The summed E-state index contributed by atoms with van der Waals surface area (Å²) in [7, 11) is 0. The van der Waals surface area contributed by atoms with Gasteiger partial charge in [-0.25, -0.2) is 0 Å². The number of hydrogen-bond acceptors (Lipinski definition) is 2. The predicted molar refractivity (Wildman–Crippen MR) is 85.9 cm³/mol. The Labute approximate surface area is 129 Å². The number of halogens is 1. The standard InChI is InChI=1S/C17H32FN3/c1-5-7-9-10-12-14-17(4,13-11-8-6-2)21-19-15(3)16(18)20-21/h5-14H2,1-4H3. The lowest BCUT2D eigenvalue weighted by atomic mass is 9.89. The molecule has 1 aromatic heterocycles. The van der Waals surface area contributed by atoms with Crippen molar-refractivity contribution in [2.45, 2.75) is 97.4 Å².